The van der Waals surface area contributed by atoms with Gasteiger partial charge in [-0.2, -0.15) is 0 Å². The lowest BCUT2D eigenvalue weighted by molar-refractivity contribution is -0.116. The van der Waals surface area contributed by atoms with Crippen LogP contribution in [0.1, 0.15) is 19.5 Å². The number of pyridine rings is 1. The van der Waals surface area contributed by atoms with Crippen molar-refractivity contribution < 1.29 is 4.79 Å². The third-order valence-electron chi connectivity index (χ3n) is 3.22. The summed E-state index contributed by atoms with van der Waals surface area (Å²) >= 11 is 3.15. The fraction of sp³-hybridized carbons (Fsp3) is 0.267. The van der Waals surface area contributed by atoms with Crippen molar-refractivity contribution in [1.82, 2.24) is 14.4 Å². The number of hydrogen-bond acceptors (Lipinski definition) is 5. The zero-order chi connectivity index (χ0) is 15.5. The van der Waals surface area contributed by atoms with Gasteiger partial charge in [0.15, 0.2) is 10.3 Å². The summed E-state index contributed by atoms with van der Waals surface area (Å²) in [5.41, 5.74) is 2.05. The van der Waals surface area contributed by atoms with Crippen LogP contribution in [0, 0.1) is 0 Å². The summed E-state index contributed by atoms with van der Waals surface area (Å²) in [7, 11) is 0. The monoisotopic (exact) mass is 332 g/mol. The molecule has 0 saturated heterocycles. The van der Waals surface area contributed by atoms with Gasteiger partial charge in [0.1, 0.15) is 0 Å². The zero-order valence-corrected chi connectivity index (χ0v) is 14.0. The van der Waals surface area contributed by atoms with Gasteiger partial charge in [-0.05, 0) is 19.1 Å². The number of carbonyl (C=O) groups excluding carboxylic acids is 1. The Bertz CT molecular complexity index is 796. The first-order valence-electron chi connectivity index (χ1n) is 6.96. The first kappa shape index (κ1) is 15.1. The minimum absolute atomic E-state index is 0.0234. The molecule has 7 heteroatoms. The molecular weight excluding hydrogens is 316 g/mol. The van der Waals surface area contributed by atoms with Crippen molar-refractivity contribution in [3.8, 4) is 0 Å². The van der Waals surface area contributed by atoms with Crippen molar-refractivity contribution in [1.29, 1.82) is 0 Å². The number of fused-ring (bicyclic) bond motifs is 1. The highest BCUT2D eigenvalue weighted by Crippen LogP contribution is 2.26. The lowest BCUT2D eigenvalue weighted by atomic mass is 10.4. The summed E-state index contributed by atoms with van der Waals surface area (Å²) in [6.45, 7) is 4.16. The molecule has 3 heterocycles. The van der Waals surface area contributed by atoms with E-state index in [1.807, 2.05) is 42.9 Å². The Morgan fingerprint density at radius 3 is 3.09 bits per heavy atom. The summed E-state index contributed by atoms with van der Waals surface area (Å²) < 4.78 is 2.06. The van der Waals surface area contributed by atoms with Crippen molar-refractivity contribution in [3.05, 3.63) is 41.7 Å². The van der Waals surface area contributed by atoms with Crippen LogP contribution in [-0.4, -0.2) is 26.8 Å². The van der Waals surface area contributed by atoms with E-state index in [4.69, 9.17) is 0 Å². The van der Waals surface area contributed by atoms with E-state index in [1.54, 1.807) is 23.6 Å². The fourth-order valence-electron chi connectivity index (χ4n) is 2.14. The number of rotatable bonds is 5. The Kier molecular flexibility index (Phi) is 4.44. The van der Waals surface area contributed by atoms with E-state index in [0.717, 1.165) is 27.3 Å². The molecule has 0 aliphatic carbocycles. The highest BCUT2D eigenvalue weighted by molar-refractivity contribution is 7.98. The number of thiazole rings is 1. The molecule has 3 aromatic rings. The third kappa shape index (κ3) is 3.00. The van der Waals surface area contributed by atoms with Crippen LogP contribution < -0.4 is 4.90 Å². The van der Waals surface area contributed by atoms with Gasteiger partial charge in [-0.25, -0.2) is 9.97 Å². The van der Waals surface area contributed by atoms with E-state index in [1.165, 1.54) is 11.3 Å². The van der Waals surface area contributed by atoms with Crippen LogP contribution in [-0.2, 0) is 10.5 Å². The molecule has 5 nitrogen and oxygen atoms in total. The molecule has 0 aliphatic rings. The van der Waals surface area contributed by atoms with E-state index in [2.05, 4.69) is 14.4 Å². The molecule has 0 unspecified atom stereocenters. The maximum absolute atomic E-state index is 11.5. The Hall–Kier alpha value is -1.86. The average molecular weight is 332 g/mol. The molecule has 0 aromatic carbocycles. The summed E-state index contributed by atoms with van der Waals surface area (Å²) in [6, 6.07) is 6.02. The number of anilines is 1. The summed E-state index contributed by atoms with van der Waals surface area (Å²) in [5, 5.41) is 3.71. The number of thioether (sulfide) groups is 1. The van der Waals surface area contributed by atoms with Gasteiger partial charge in [0.25, 0.3) is 0 Å². The second-order valence-corrected chi connectivity index (χ2v) is 6.49. The normalized spacial score (nSPS) is 11.0. The van der Waals surface area contributed by atoms with E-state index in [-0.39, 0.29) is 5.91 Å². The molecule has 0 bridgehead atoms. The lowest BCUT2D eigenvalue weighted by Crippen LogP contribution is -2.27. The second-order valence-electron chi connectivity index (χ2n) is 4.71. The molecule has 114 valence electrons. The number of hydrogen-bond donors (Lipinski definition) is 0. The lowest BCUT2D eigenvalue weighted by Gasteiger charge is -2.14. The number of aromatic nitrogens is 3. The minimum atomic E-state index is 0.0234. The third-order valence-corrected chi connectivity index (χ3v) is 5.13. The van der Waals surface area contributed by atoms with Gasteiger partial charge >= 0.3 is 0 Å². The van der Waals surface area contributed by atoms with Crippen LogP contribution in [0.5, 0.6) is 0 Å². The van der Waals surface area contributed by atoms with Crippen LogP contribution in [0.2, 0.25) is 0 Å². The molecule has 3 aromatic heterocycles. The van der Waals surface area contributed by atoms with E-state index in [0.29, 0.717) is 6.54 Å². The highest BCUT2D eigenvalue weighted by atomic mass is 32.2. The van der Waals surface area contributed by atoms with Crippen molar-refractivity contribution in [2.75, 3.05) is 11.4 Å². The van der Waals surface area contributed by atoms with E-state index < -0.39 is 0 Å². The predicted molar refractivity (Wildman–Crippen MR) is 90.6 cm³/mol. The predicted octanol–water partition coefficient (Wildman–Crippen LogP) is 3.46. The van der Waals surface area contributed by atoms with Crippen LogP contribution >= 0.6 is 23.1 Å². The van der Waals surface area contributed by atoms with Crippen LogP contribution in [0.4, 0.5) is 5.13 Å². The van der Waals surface area contributed by atoms with Gasteiger partial charge in [-0.1, -0.05) is 17.8 Å². The highest BCUT2D eigenvalue weighted by Gasteiger charge is 2.14. The maximum atomic E-state index is 11.5. The molecular formula is C15H16N4OS2. The van der Waals surface area contributed by atoms with Crippen molar-refractivity contribution in [2.24, 2.45) is 0 Å². The van der Waals surface area contributed by atoms with Crippen LogP contribution in [0.15, 0.2) is 41.1 Å². The van der Waals surface area contributed by atoms with Gasteiger partial charge in [-0.15, -0.1) is 11.3 Å². The largest absolute Gasteiger partial charge is 0.295 e. The van der Waals surface area contributed by atoms with E-state index >= 15 is 0 Å². The average Bonchev–Trinajstić information content (AvgIpc) is 3.12. The Labute approximate surface area is 137 Å². The van der Waals surface area contributed by atoms with Crippen molar-refractivity contribution >= 4 is 39.7 Å². The fourth-order valence-corrected chi connectivity index (χ4v) is 4.04. The van der Waals surface area contributed by atoms with Crippen LogP contribution in [0.25, 0.3) is 5.52 Å². The van der Waals surface area contributed by atoms with E-state index in [9.17, 15) is 4.79 Å². The Morgan fingerprint density at radius 2 is 2.32 bits per heavy atom. The first-order chi connectivity index (χ1) is 10.7. The quantitative estimate of drug-likeness (QED) is 0.672. The molecule has 0 N–H and O–H groups in total. The van der Waals surface area contributed by atoms with Crippen LogP contribution in [0.3, 0.4) is 0 Å². The summed E-state index contributed by atoms with van der Waals surface area (Å²) in [6.07, 6.45) is 3.87. The minimum Gasteiger partial charge on any atom is -0.295 e. The molecule has 3 rings (SSSR count). The Morgan fingerprint density at radius 1 is 1.45 bits per heavy atom. The van der Waals surface area contributed by atoms with Gasteiger partial charge < -0.3 is 0 Å². The molecule has 1 amide bonds. The van der Waals surface area contributed by atoms with Gasteiger partial charge in [0.05, 0.1) is 17.4 Å². The molecule has 22 heavy (non-hydrogen) atoms. The molecule has 0 aliphatic heterocycles. The number of amides is 1. The molecule has 0 spiro atoms. The SMILES string of the molecule is CCN(C(C)=O)c1nc(CSc2ncc3ccccn23)cs1. The zero-order valence-electron chi connectivity index (χ0n) is 12.4. The second kappa shape index (κ2) is 6.50. The standard InChI is InChI=1S/C15H16N4OS2/c1-3-18(11(2)20)15-17-12(10-22-15)9-21-14-16-8-13-6-4-5-7-19(13)14/h4-8,10H,3,9H2,1-2H3. The number of carbonyl (C=O) groups is 1. The molecule has 0 atom stereocenters. The molecule has 0 fully saturated rings. The van der Waals surface area contributed by atoms with Gasteiger partial charge in [0, 0.05) is 30.8 Å². The number of imidazole rings is 1. The summed E-state index contributed by atoms with van der Waals surface area (Å²) in [4.78, 5) is 22.2. The summed E-state index contributed by atoms with van der Waals surface area (Å²) in [5.74, 6) is 0.760. The number of nitrogens with zero attached hydrogens (tertiary/aromatic N) is 4. The van der Waals surface area contributed by atoms with Gasteiger partial charge in [-0.3, -0.25) is 14.1 Å². The van der Waals surface area contributed by atoms with Crippen molar-refractivity contribution in [2.45, 2.75) is 24.8 Å². The topological polar surface area (TPSA) is 50.5 Å². The van der Waals surface area contributed by atoms with Crippen molar-refractivity contribution in [3.63, 3.8) is 0 Å². The smallest absolute Gasteiger partial charge is 0.225 e. The van der Waals surface area contributed by atoms with Gasteiger partial charge in [0.2, 0.25) is 5.91 Å². The molecule has 0 saturated carbocycles. The molecule has 0 radical (unpaired) electrons. The maximum Gasteiger partial charge on any atom is 0.225 e. The Balaban J connectivity index is 1.72. The first-order valence-corrected chi connectivity index (χ1v) is 8.83.